The minimum Gasteiger partial charge on any atom is -0.497 e. The number of hydrogen-bond acceptors (Lipinski definition) is 6. The van der Waals surface area contributed by atoms with Crippen LogP contribution in [0, 0.1) is 5.82 Å². The highest BCUT2D eigenvalue weighted by Crippen LogP contribution is 2.33. The lowest BCUT2D eigenvalue weighted by atomic mass is 10.0. The van der Waals surface area contributed by atoms with Crippen LogP contribution in [0.1, 0.15) is 31.4 Å². The molecule has 1 N–H and O–H groups in total. The number of amides is 2. The van der Waals surface area contributed by atoms with E-state index in [1.807, 2.05) is 44.2 Å². The minimum absolute atomic E-state index is 0.0537. The van der Waals surface area contributed by atoms with Crippen LogP contribution < -0.4 is 19.1 Å². The fourth-order valence-electron chi connectivity index (χ4n) is 4.37. The highest BCUT2D eigenvalue weighted by Gasteiger charge is 2.34. The lowest BCUT2D eigenvalue weighted by molar-refractivity contribution is -0.140. The Labute approximate surface area is 247 Å². The van der Waals surface area contributed by atoms with E-state index in [0.717, 1.165) is 16.1 Å². The number of anilines is 1. The first-order valence-electron chi connectivity index (χ1n) is 13.5. The number of nitrogens with zero attached hydrogens (tertiary/aromatic N) is 2. The number of carbonyl (C=O) groups is 2. The summed E-state index contributed by atoms with van der Waals surface area (Å²) >= 11 is 0. The Morgan fingerprint density at radius 2 is 1.62 bits per heavy atom. The summed E-state index contributed by atoms with van der Waals surface area (Å²) in [6, 6.07) is 18.3. The van der Waals surface area contributed by atoms with Gasteiger partial charge in [-0.2, -0.15) is 0 Å². The Morgan fingerprint density at radius 3 is 2.19 bits per heavy atom. The van der Waals surface area contributed by atoms with Gasteiger partial charge in [-0.1, -0.05) is 49.4 Å². The van der Waals surface area contributed by atoms with Gasteiger partial charge in [0.05, 0.1) is 26.2 Å². The molecule has 0 aliphatic heterocycles. The number of rotatable bonds is 14. The molecule has 0 aliphatic rings. The summed E-state index contributed by atoms with van der Waals surface area (Å²) < 4.78 is 51.4. The lowest BCUT2D eigenvalue weighted by Crippen LogP contribution is -2.54. The molecule has 3 aromatic carbocycles. The van der Waals surface area contributed by atoms with E-state index in [1.54, 1.807) is 6.07 Å². The van der Waals surface area contributed by atoms with Crippen molar-refractivity contribution in [2.24, 2.45) is 0 Å². The van der Waals surface area contributed by atoms with Crippen LogP contribution in [0.2, 0.25) is 0 Å². The fraction of sp³-hybridized carbons (Fsp3) is 0.355. The van der Waals surface area contributed by atoms with Crippen molar-refractivity contribution in [3.05, 3.63) is 89.7 Å². The molecule has 0 radical (unpaired) electrons. The van der Waals surface area contributed by atoms with Crippen molar-refractivity contribution in [1.82, 2.24) is 10.2 Å². The standard InChI is InChI=1S/C31H38FN3O6S/c1-6-22(2)33-31(37)28(18-23-10-8-7-9-11-23)34(20-24-12-14-25(32)15-13-24)30(36)21-35(42(5,38)39)27-17-16-26(40-3)19-29(27)41-4/h7-17,19,22,28H,6,18,20-21H2,1-5H3,(H,33,37)/t22-,28-/m0/s1. The molecule has 0 aliphatic carbocycles. The normalized spacial score (nSPS) is 12.6. The number of sulfonamides is 1. The zero-order chi connectivity index (χ0) is 30.9. The van der Waals surface area contributed by atoms with Crippen LogP contribution in [-0.2, 0) is 32.6 Å². The maximum absolute atomic E-state index is 14.2. The van der Waals surface area contributed by atoms with Gasteiger partial charge in [0.15, 0.2) is 0 Å². The second-order valence-corrected chi connectivity index (χ2v) is 11.9. The third kappa shape index (κ3) is 8.69. The number of hydrogen-bond donors (Lipinski definition) is 1. The molecule has 11 heteroatoms. The van der Waals surface area contributed by atoms with Crippen LogP contribution in [0.3, 0.4) is 0 Å². The number of methoxy groups -OCH3 is 2. The molecule has 0 saturated heterocycles. The summed E-state index contributed by atoms with van der Waals surface area (Å²) in [6.07, 6.45) is 1.85. The third-order valence-electron chi connectivity index (χ3n) is 6.87. The second kappa shape index (κ2) is 14.7. The van der Waals surface area contributed by atoms with Crippen molar-refractivity contribution < 1.29 is 31.9 Å². The first-order chi connectivity index (χ1) is 20.0. The first kappa shape index (κ1) is 32.4. The molecular formula is C31H38FN3O6S. The van der Waals surface area contributed by atoms with E-state index in [1.165, 1.54) is 55.5 Å². The number of halogens is 1. The van der Waals surface area contributed by atoms with Gasteiger partial charge >= 0.3 is 0 Å². The van der Waals surface area contributed by atoms with Gasteiger partial charge in [-0.05, 0) is 48.7 Å². The average molecular weight is 600 g/mol. The Hall–Kier alpha value is -4.12. The number of carbonyl (C=O) groups excluding carboxylic acids is 2. The molecule has 0 unspecified atom stereocenters. The largest absolute Gasteiger partial charge is 0.497 e. The topological polar surface area (TPSA) is 105 Å². The van der Waals surface area contributed by atoms with Crippen LogP contribution in [-0.4, -0.2) is 64.2 Å². The predicted octanol–water partition coefficient (Wildman–Crippen LogP) is 4.16. The Morgan fingerprint density at radius 1 is 0.952 bits per heavy atom. The molecule has 2 amide bonds. The summed E-state index contributed by atoms with van der Waals surface area (Å²) in [5.41, 5.74) is 1.53. The van der Waals surface area contributed by atoms with Gasteiger partial charge in [0, 0.05) is 25.1 Å². The average Bonchev–Trinajstić information content (AvgIpc) is 2.98. The number of benzene rings is 3. The van der Waals surface area contributed by atoms with E-state index in [9.17, 15) is 22.4 Å². The summed E-state index contributed by atoms with van der Waals surface area (Å²) in [7, 11) is -1.14. The quantitative estimate of drug-likeness (QED) is 0.298. The van der Waals surface area contributed by atoms with Gasteiger partial charge < -0.3 is 19.7 Å². The molecule has 9 nitrogen and oxygen atoms in total. The SMILES string of the molecule is CC[C@H](C)NC(=O)[C@H](Cc1ccccc1)N(Cc1ccc(F)cc1)C(=O)CN(c1ccc(OC)cc1OC)S(C)(=O)=O. The monoisotopic (exact) mass is 599 g/mol. The van der Waals surface area contributed by atoms with E-state index < -0.39 is 34.3 Å². The zero-order valence-corrected chi connectivity index (χ0v) is 25.4. The van der Waals surface area contributed by atoms with E-state index in [4.69, 9.17) is 9.47 Å². The second-order valence-electron chi connectivity index (χ2n) is 9.98. The smallest absolute Gasteiger partial charge is 0.244 e. The molecule has 0 fully saturated rings. The fourth-order valence-corrected chi connectivity index (χ4v) is 5.22. The van der Waals surface area contributed by atoms with Crippen molar-refractivity contribution >= 4 is 27.5 Å². The van der Waals surface area contributed by atoms with Gasteiger partial charge in [0.25, 0.3) is 0 Å². The van der Waals surface area contributed by atoms with Crippen LogP contribution in [0.4, 0.5) is 10.1 Å². The van der Waals surface area contributed by atoms with E-state index in [-0.39, 0.29) is 36.4 Å². The zero-order valence-electron chi connectivity index (χ0n) is 24.5. The summed E-state index contributed by atoms with van der Waals surface area (Å²) in [4.78, 5) is 29.2. The van der Waals surface area contributed by atoms with Gasteiger partial charge in [-0.25, -0.2) is 12.8 Å². The first-order valence-corrected chi connectivity index (χ1v) is 15.4. The van der Waals surface area contributed by atoms with Crippen LogP contribution in [0.25, 0.3) is 0 Å². The van der Waals surface area contributed by atoms with Crippen LogP contribution in [0.5, 0.6) is 11.5 Å². The van der Waals surface area contributed by atoms with Crippen molar-refractivity contribution in [2.45, 2.75) is 45.3 Å². The van der Waals surface area contributed by atoms with Crippen molar-refractivity contribution in [3.63, 3.8) is 0 Å². The molecular weight excluding hydrogens is 561 g/mol. The highest BCUT2D eigenvalue weighted by molar-refractivity contribution is 7.92. The molecule has 42 heavy (non-hydrogen) atoms. The van der Waals surface area contributed by atoms with Crippen LogP contribution in [0.15, 0.2) is 72.8 Å². The molecule has 226 valence electrons. The van der Waals surface area contributed by atoms with E-state index >= 15 is 0 Å². The van der Waals surface area contributed by atoms with Gasteiger partial charge in [0.2, 0.25) is 21.8 Å². The maximum Gasteiger partial charge on any atom is 0.244 e. The molecule has 0 saturated carbocycles. The summed E-state index contributed by atoms with van der Waals surface area (Å²) in [6.45, 7) is 3.14. The Bertz CT molecular complexity index is 1450. The van der Waals surface area contributed by atoms with E-state index in [2.05, 4.69) is 5.32 Å². The Kier molecular flexibility index (Phi) is 11.3. The predicted molar refractivity (Wildman–Crippen MR) is 161 cm³/mol. The summed E-state index contributed by atoms with van der Waals surface area (Å²) in [5, 5.41) is 2.97. The summed E-state index contributed by atoms with van der Waals surface area (Å²) in [5.74, 6) is -0.813. The molecule has 0 aromatic heterocycles. The minimum atomic E-state index is -3.99. The van der Waals surface area contributed by atoms with Crippen molar-refractivity contribution in [3.8, 4) is 11.5 Å². The van der Waals surface area contributed by atoms with Crippen molar-refractivity contribution in [1.29, 1.82) is 0 Å². The van der Waals surface area contributed by atoms with Gasteiger partial charge in [0.1, 0.15) is 29.9 Å². The van der Waals surface area contributed by atoms with E-state index in [0.29, 0.717) is 17.7 Å². The van der Waals surface area contributed by atoms with Crippen molar-refractivity contribution in [2.75, 3.05) is 31.3 Å². The molecule has 0 spiro atoms. The molecule has 3 aromatic rings. The third-order valence-corrected chi connectivity index (χ3v) is 8.00. The Balaban J connectivity index is 2.09. The molecule has 3 rings (SSSR count). The number of nitrogens with one attached hydrogen (secondary N) is 1. The lowest BCUT2D eigenvalue weighted by Gasteiger charge is -2.34. The van der Waals surface area contributed by atoms with Gasteiger partial charge in [-0.15, -0.1) is 0 Å². The molecule has 2 atom stereocenters. The van der Waals surface area contributed by atoms with Gasteiger partial charge in [-0.3, -0.25) is 13.9 Å². The highest BCUT2D eigenvalue weighted by atomic mass is 32.2. The molecule has 0 bridgehead atoms. The molecule has 0 heterocycles. The number of ether oxygens (including phenoxy) is 2. The van der Waals surface area contributed by atoms with Crippen LogP contribution >= 0.6 is 0 Å². The maximum atomic E-state index is 14.2.